The average molecular weight is 734 g/mol. The van der Waals surface area contributed by atoms with Gasteiger partial charge in [-0.1, -0.05) is 20.3 Å². The molecule has 2 heterocycles. The summed E-state index contributed by atoms with van der Waals surface area (Å²) in [6.07, 6.45) is 3.80. The highest BCUT2D eigenvalue weighted by molar-refractivity contribution is 7.18. The highest BCUT2D eigenvalue weighted by Gasteiger charge is 2.39. The number of thiazole rings is 1. The highest BCUT2D eigenvalue weighted by atomic mass is 32.1. The minimum atomic E-state index is -0.900. The van der Waals surface area contributed by atoms with Crippen molar-refractivity contribution in [3.05, 3.63) is 57.7 Å². The Hall–Kier alpha value is -4.98. The van der Waals surface area contributed by atoms with Crippen LogP contribution in [0.15, 0.2) is 52.6 Å². The van der Waals surface area contributed by atoms with Gasteiger partial charge >= 0.3 is 6.09 Å². The zero-order valence-electron chi connectivity index (χ0n) is 30.9. The number of Topliss-reactive ketones (excluding diaryl/α,β-unsaturated/α-hetero) is 2. The molecular weight excluding hydrogens is 687 g/mol. The molecule has 0 atom stereocenters. The van der Waals surface area contributed by atoms with E-state index in [0.717, 1.165) is 20.1 Å². The number of unbranched alkanes of at least 4 members (excludes halogenated alkanes) is 2. The minimum absolute atomic E-state index is 0.0101. The summed E-state index contributed by atoms with van der Waals surface area (Å²) in [6, 6.07) is 5.25. The van der Waals surface area contributed by atoms with Crippen molar-refractivity contribution in [2.75, 3.05) is 39.8 Å². The fourth-order valence-corrected chi connectivity index (χ4v) is 7.12. The number of carbonyl (C=O) groups excluding carboxylic acids is 7. The van der Waals surface area contributed by atoms with Crippen molar-refractivity contribution in [2.45, 2.75) is 73.6 Å². The number of benzene rings is 1. The van der Waals surface area contributed by atoms with Crippen molar-refractivity contribution in [1.29, 1.82) is 0 Å². The van der Waals surface area contributed by atoms with Crippen LogP contribution in [0.1, 0.15) is 71.7 Å². The van der Waals surface area contributed by atoms with E-state index in [4.69, 9.17) is 4.74 Å². The Morgan fingerprint density at radius 2 is 1.56 bits per heavy atom. The highest BCUT2D eigenvalue weighted by Crippen LogP contribution is 2.39. The third-order valence-corrected chi connectivity index (χ3v) is 10.3. The maximum absolute atomic E-state index is 13.5. The number of nitrogens with one attached hydrogen (secondary N) is 1. The van der Waals surface area contributed by atoms with Crippen LogP contribution in [0.4, 0.5) is 4.79 Å². The number of hydrogen-bond donors (Lipinski definition) is 1. The van der Waals surface area contributed by atoms with E-state index in [9.17, 15) is 33.6 Å². The van der Waals surface area contributed by atoms with E-state index in [-0.39, 0.29) is 62.4 Å². The normalized spacial score (nSPS) is 14.9. The Morgan fingerprint density at radius 1 is 0.885 bits per heavy atom. The van der Waals surface area contributed by atoms with Gasteiger partial charge in [-0.25, -0.2) is 9.78 Å². The Morgan fingerprint density at radius 3 is 2.25 bits per heavy atom. The average Bonchev–Trinajstić information content (AvgIpc) is 3.62. The van der Waals surface area contributed by atoms with E-state index in [2.05, 4.69) is 10.3 Å². The summed E-state index contributed by atoms with van der Waals surface area (Å²) in [5.74, 6) is -1.28. The molecule has 52 heavy (non-hydrogen) atoms. The Bertz CT molecular complexity index is 1870. The number of ether oxygens (including phenoxy) is 1. The van der Waals surface area contributed by atoms with Gasteiger partial charge in [-0.15, -0.1) is 11.3 Å². The van der Waals surface area contributed by atoms with Gasteiger partial charge in [-0.05, 0) is 52.7 Å². The summed E-state index contributed by atoms with van der Waals surface area (Å²) in [5.41, 5.74) is 1.44. The van der Waals surface area contributed by atoms with Crippen LogP contribution in [0.5, 0.6) is 5.75 Å². The van der Waals surface area contributed by atoms with Crippen molar-refractivity contribution >= 4 is 62.8 Å². The second-order valence-electron chi connectivity index (χ2n) is 13.8. The number of ketones is 2. The van der Waals surface area contributed by atoms with Crippen LogP contribution in [-0.2, 0) is 28.8 Å². The third kappa shape index (κ3) is 9.66. The van der Waals surface area contributed by atoms with Crippen LogP contribution in [0, 0.1) is 12.3 Å². The molecule has 0 radical (unpaired) electrons. The Labute approximate surface area is 307 Å². The summed E-state index contributed by atoms with van der Waals surface area (Å²) in [7, 11) is 1.64. The predicted molar refractivity (Wildman–Crippen MR) is 196 cm³/mol. The first-order valence-corrected chi connectivity index (χ1v) is 18.2. The molecule has 2 aromatic rings. The maximum atomic E-state index is 13.5. The fourth-order valence-electron chi connectivity index (χ4n) is 6.26. The Kier molecular flexibility index (Phi) is 13.0. The summed E-state index contributed by atoms with van der Waals surface area (Å²) < 4.78 is 6.65. The van der Waals surface area contributed by atoms with Gasteiger partial charge in [0.2, 0.25) is 11.8 Å². The summed E-state index contributed by atoms with van der Waals surface area (Å²) in [6.45, 7) is 11.3. The molecule has 13 nitrogen and oxygen atoms in total. The number of allylic oxidation sites excluding steroid dienone is 4. The predicted octanol–water partition coefficient (Wildman–Crippen LogP) is 4.69. The van der Waals surface area contributed by atoms with E-state index in [1.807, 2.05) is 6.92 Å². The standard InChI is InChI=1S/C38H47N5O8S/c1-23-24(2)36(49)34(25(3)35(23)48)38(5,6)22-33(47)41(7)19-20-42(37(50)51-27-12-13-28-29(21-27)52-26(4)40-28)17-10-8-9-11-30(44)39-16-18-43-31(45)14-15-32(43)46/h12-15,21H,8-11,16-20,22H2,1-7H3,(H,39,44). The number of nitrogens with zero attached hydrogens (tertiary/aromatic N) is 4. The van der Waals surface area contributed by atoms with Crippen LogP contribution in [0.3, 0.4) is 0 Å². The monoisotopic (exact) mass is 733 g/mol. The van der Waals surface area contributed by atoms with Crippen molar-refractivity contribution in [2.24, 2.45) is 5.41 Å². The lowest BCUT2D eigenvalue weighted by Crippen LogP contribution is -2.42. The number of hydrogen-bond acceptors (Lipinski definition) is 10. The third-order valence-electron chi connectivity index (χ3n) is 9.41. The number of imide groups is 1. The zero-order chi connectivity index (χ0) is 38.3. The second-order valence-corrected chi connectivity index (χ2v) is 15.1. The molecule has 1 N–H and O–H groups in total. The molecule has 0 fully saturated rings. The van der Waals surface area contributed by atoms with Gasteiger partial charge in [-0.2, -0.15) is 0 Å². The molecule has 1 aliphatic carbocycles. The van der Waals surface area contributed by atoms with E-state index in [1.165, 1.54) is 33.3 Å². The largest absolute Gasteiger partial charge is 0.415 e. The quantitative estimate of drug-likeness (QED) is 0.147. The van der Waals surface area contributed by atoms with Crippen LogP contribution in [0.25, 0.3) is 10.2 Å². The molecule has 1 aliphatic heterocycles. The van der Waals surface area contributed by atoms with Crippen molar-refractivity contribution in [1.82, 2.24) is 25.0 Å². The Balaban J connectivity index is 1.33. The van der Waals surface area contributed by atoms with Crippen LogP contribution >= 0.6 is 11.3 Å². The van der Waals surface area contributed by atoms with E-state index < -0.39 is 23.3 Å². The molecule has 1 aromatic heterocycles. The molecule has 5 amide bonds. The topological polar surface area (TPSA) is 163 Å². The molecule has 0 unspecified atom stereocenters. The molecule has 0 saturated carbocycles. The van der Waals surface area contributed by atoms with E-state index in [1.54, 1.807) is 59.9 Å². The fraction of sp³-hybridized carbons (Fsp3) is 0.474. The van der Waals surface area contributed by atoms with Crippen molar-refractivity contribution in [3.8, 4) is 5.75 Å². The van der Waals surface area contributed by atoms with Crippen LogP contribution < -0.4 is 10.1 Å². The lowest BCUT2D eigenvalue weighted by Gasteiger charge is -2.33. The van der Waals surface area contributed by atoms with Crippen LogP contribution in [-0.4, -0.2) is 101 Å². The smallest absolute Gasteiger partial charge is 0.410 e. The lowest BCUT2D eigenvalue weighted by molar-refractivity contribution is -0.137. The first-order valence-electron chi connectivity index (χ1n) is 17.4. The summed E-state index contributed by atoms with van der Waals surface area (Å²) >= 11 is 1.49. The van der Waals surface area contributed by atoms with Gasteiger partial charge in [0.15, 0.2) is 11.6 Å². The summed E-state index contributed by atoms with van der Waals surface area (Å²) in [4.78, 5) is 97.2. The molecule has 4 rings (SSSR count). The molecule has 2 aliphatic rings. The number of fused-ring (bicyclic) bond motifs is 1. The van der Waals surface area contributed by atoms with Crippen molar-refractivity contribution in [3.63, 3.8) is 0 Å². The zero-order valence-corrected chi connectivity index (χ0v) is 31.7. The van der Waals surface area contributed by atoms with Gasteiger partial charge in [0, 0.05) is 98.5 Å². The number of rotatable bonds is 16. The van der Waals surface area contributed by atoms with Crippen molar-refractivity contribution < 1.29 is 38.3 Å². The summed E-state index contributed by atoms with van der Waals surface area (Å²) in [5, 5.41) is 3.62. The number of carbonyl (C=O) groups is 7. The maximum Gasteiger partial charge on any atom is 0.415 e. The van der Waals surface area contributed by atoms with Gasteiger partial charge in [0.1, 0.15) is 5.75 Å². The first-order chi connectivity index (χ1) is 24.5. The first kappa shape index (κ1) is 39.8. The van der Waals surface area contributed by atoms with E-state index in [0.29, 0.717) is 53.8 Å². The van der Waals surface area contributed by atoms with Gasteiger partial charge in [0.25, 0.3) is 11.8 Å². The van der Waals surface area contributed by atoms with E-state index >= 15 is 0 Å². The SMILES string of the molecule is CC1=C(C)C(=O)C(C(C)(C)CC(=O)N(C)CCN(CCCCCC(=O)NCCN2C(=O)C=CC2=O)C(=O)Oc2ccc3nc(C)sc3c2)=C(C)C1=O. The van der Waals surface area contributed by atoms with Crippen LogP contribution in [0.2, 0.25) is 0 Å². The molecule has 14 heteroatoms. The molecule has 0 spiro atoms. The lowest BCUT2D eigenvalue weighted by atomic mass is 9.71. The second kappa shape index (κ2) is 17.0. The van der Waals surface area contributed by atoms with Gasteiger partial charge in [0.05, 0.1) is 15.2 Å². The van der Waals surface area contributed by atoms with Gasteiger partial charge < -0.3 is 19.9 Å². The molecule has 0 bridgehead atoms. The number of amides is 5. The minimum Gasteiger partial charge on any atom is -0.410 e. The molecule has 1 aromatic carbocycles. The number of likely N-dealkylation sites (N-methyl/N-ethyl adjacent to an activating group) is 1. The molecular formula is C38H47N5O8S. The molecule has 0 saturated heterocycles. The molecule has 278 valence electrons. The number of aryl methyl sites for hydroxylation is 1. The van der Waals surface area contributed by atoms with Gasteiger partial charge in [-0.3, -0.25) is 33.7 Å². The number of aromatic nitrogens is 1.